The molecule has 2 aromatic rings. The average molecular weight is 363 g/mol. The van der Waals surface area contributed by atoms with Crippen LogP contribution in [0.1, 0.15) is 12.8 Å². The number of anilines is 1. The zero-order valence-electron chi connectivity index (χ0n) is 12.9. The van der Waals surface area contributed by atoms with Gasteiger partial charge in [-0.05, 0) is 31.0 Å². The van der Waals surface area contributed by atoms with E-state index in [1.807, 2.05) is 18.2 Å². The molecule has 0 bridgehead atoms. The van der Waals surface area contributed by atoms with E-state index in [4.69, 9.17) is 0 Å². The molecule has 0 aliphatic heterocycles. The predicted octanol–water partition coefficient (Wildman–Crippen LogP) is -6.71. The molecular formula is C14H11K2N3O4. The van der Waals surface area contributed by atoms with Gasteiger partial charge in [0.15, 0.2) is 0 Å². The maximum atomic E-state index is 10.8. The third kappa shape index (κ3) is 7.82. The van der Waals surface area contributed by atoms with E-state index in [1.165, 1.54) is 0 Å². The minimum absolute atomic E-state index is 0. The van der Waals surface area contributed by atoms with Crippen molar-refractivity contribution in [1.29, 1.82) is 0 Å². The molecule has 7 nitrogen and oxygen atoms in total. The van der Waals surface area contributed by atoms with E-state index in [2.05, 4.69) is 15.5 Å². The Balaban J connectivity index is 0.00000242. The van der Waals surface area contributed by atoms with Gasteiger partial charge in [0, 0.05) is 11.4 Å². The Hall–Kier alpha value is 0.313. The number of carboxylic acid groups (broad SMARTS) is 2. The van der Waals surface area contributed by atoms with E-state index >= 15 is 0 Å². The first kappa shape index (κ1) is 23.3. The van der Waals surface area contributed by atoms with Gasteiger partial charge in [0.1, 0.15) is 5.82 Å². The summed E-state index contributed by atoms with van der Waals surface area (Å²) < 4.78 is 0. The molecule has 0 fully saturated rings. The number of nitrogens with zero attached hydrogens (tertiary/aromatic N) is 2. The summed E-state index contributed by atoms with van der Waals surface area (Å²) in [6.07, 6.45) is -0.731. The average Bonchev–Trinajstić information content (AvgIpc) is 2.46. The van der Waals surface area contributed by atoms with Gasteiger partial charge in [0.25, 0.3) is 0 Å². The maximum absolute atomic E-state index is 10.8. The van der Waals surface area contributed by atoms with Crippen LogP contribution in [0.15, 0.2) is 41.5 Å². The number of carbonyl (C=O) groups excluding carboxylic acids is 2. The van der Waals surface area contributed by atoms with Crippen molar-refractivity contribution in [1.82, 2.24) is 4.98 Å². The maximum Gasteiger partial charge on any atom is 1.00 e. The van der Waals surface area contributed by atoms with Crippen LogP contribution in [-0.4, -0.2) is 22.6 Å². The molecule has 1 aromatic carbocycles. The summed E-state index contributed by atoms with van der Waals surface area (Å²) >= 11 is 0. The van der Waals surface area contributed by atoms with Gasteiger partial charge in [-0.1, -0.05) is 18.2 Å². The minimum atomic E-state index is -1.54. The molecule has 0 aliphatic rings. The zero-order chi connectivity index (χ0) is 15.2. The van der Waals surface area contributed by atoms with Gasteiger partial charge in [0.2, 0.25) is 0 Å². The second-order valence-corrected chi connectivity index (χ2v) is 4.22. The largest absolute Gasteiger partial charge is 1.00 e. The Morgan fingerprint density at radius 1 is 1.04 bits per heavy atom. The van der Waals surface area contributed by atoms with Crippen LogP contribution in [0.3, 0.4) is 0 Å². The van der Waals surface area contributed by atoms with Crippen molar-refractivity contribution in [3.05, 3.63) is 36.4 Å². The number of aromatic nitrogens is 1. The van der Waals surface area contributed by atoms with Crippen molar-refractivity contribution in [2.45, 2.75) is 12.8 Å². The number of para-hydroxylation sites is 1. The zero-order valence-corrected chi connectivity index (χ0v) is 19.2. The fourth-order valence-corrected chi connectivity index (χ4v) is 1.68. The smallest absolute Gasteiger partial charge is 0.550 e. The van der Waals surface area contributed by atoms with Crippen LogP contribution in [0.25, 0.3) is 10.9 Å². The predicted molar refractivity (Wildman–Crippen MR) is 72.0 cm³/mol. The van der Waals surface area contributed by atoms with Crippen molar-refractivity contribution < 1.29 is 123 Å². The van der Waals surface area contributed by atoms with Crippen LogP contribution >= 0.6 is 0 Å². The number of carbonyl (C=O) groups is 2. The summed E-state index contributed by atoms with van der Waals surface area (Å²) in [5.41, 5.74) is 2.80. The third-order valence-corrected chi connectivity index (χ3v) is 2.71. The van der Waals surface area contributed by atoms with Gasteiger partial charge >= 0.3 is 103 Å². The molecule has 1 N–H and O–H groups in total. The topological polar surface area (TPSA) is 118 Å². The summed E-state index contributed by atoms with van der Waals surface area (Å²) in [5.74, 6) is -2.54. The van der Waals surface area contributed by atoms with Gasteiger partial charge in [-0.15, -0.1) is 0 Å². The monoisotopic (exact) mass is 363 g/mol. The van der Waals surface area contributed by atoms with Gasteiger partial charge < -0.3 is 19.8 Å². The van der Waals surface area contributed by atoms with Crippen molar-refractivity contribution in [2.24, 2.45) is 5.10 Å². The molecular weight excluding hydrogens is 352 g/mol. The molecule has 0 atom stereocenters. The van der Waals surface area contributed by atoms with E-state index in [0.29, 0.717) is 5.82 Å². The summed E-state index contributed by atoms with van der Waals surface area (Å²) in [5, 5.41) is 25.7. The van der Waals surface area contributed by atoms with Gasteiger partial charge in [0.05, 0.1) is 17.2 Å². The number of fused-ring (bicyclic) bond motifs is 1. The third-order valence-electron chi connectivity index (χ3n) is 2.71. The Bertz CT molecular complexity index is 722. The summed E-state index contributed by atoms with van der Waals surface area (Å²) in [6.45, 7) is 0. The molecule has 0 saturated heterocycles. The molecule has 0 aliphatic carbocycles. The molecule has 0 spiro atoms. The molecule has 2 rings (SSSR count). The fraction of sp³-hybridized carbons (Fsp3) is 0.143. The minimum Gasteiger partial charge on any atom is -0.550 e. The Kier molecular flexibility index (Phi) is 12.0. The first-order valence-corrected chi connectivity index (χ1v) is 6.16. The SMILES string of the molecule is O=C([O-])CC/C(=N/Nc1ccc2ccccc2n1)C(=O)[O-].[K+].[K+]. The first-order chi connectivity index (χ1) is 10.1. The summed E-state index contributed by atoms with van der Waals surface area (Å²) in [6, 6.07) is 10.8. The Labute approximate surface area is 217 Å². The van der Waals surface area contributed by atoms with E-state index < -0.39 is 24.1 Å². The molecule has 1 aromatic heterocycles. The Morgan fingerprint density at radius 3 is 2.39 bits per heavy atom. The molecule has 0 unspecified atom stereocenters. The number of hydrogen-bond donors (Lipinski definition) is 1. The summed E-state index contributed by atoms with van der Waals surface area (Å²) in [4.78, 5) is 25.4. The second-order valence-electron chi connectivity index (χ2n) is 4.22. The number of benzene rings is 1. The van der Waals surface area contributed by atoms with Crippen LogP contribution in [-0.2, 0) is 9.59 Å². The van der Waals surface area contributed by atoms with Crippen molar-refractivity contribution in [3.8, 4) is 0 Å². The quantitative estimate of drug-likeness (QED) is 0.310. The standard InChI is InChI=1S/C14H13N3O4.2K/c18-13(19)8-6-11(14(20)21)16-17-12-7-5-9-3-1-2-4-10(9)15-12;;/h1-5,7H,6,8H2,(H,15,17)(H,18,19)(H,20,21);;/q;2*+1/p-2/b16-11-;;. The summed E-state index contributed by atoms with van der Waals surface area (Å²) in [7, 11) is 0. The number of carboxylic acids is 2. The van der Waals surface area contributed by atoms with E-state index in [9.17, 15) is 19.8 Å². The number of nitrogens with one attached hydrogen (secondary N) is 1. The van der Waals surface area contributed by atoms with Crippen LogP contribution < -0.4 is 118 Å². The number of hydrogen-bond acceptors (Lipinski definition) is 7. The second kappa shape index (κ2) is 11.8. The number of hydrazone groups is 1. The Morgan fingerprint density at radius 2 is 1.74 bits per heavy atom. The van der Waals surface area contributed by atoms with Crippen LogP contribution in [0.5, 0.6) is 0 Å². The van der Waals surface area contributed by atoms with Gasteiger partial charge in [-0.25, -0.2) is 4.98 Å². The number of pyridine rings is 1. The first-order valence-electron chi connectivity index (χ1n) is 6.16. The van der Waals surface area contributed by atoms with Crippen molar-refractivity contribution in [3.63, 3.8) is 0 Å². The fourth-order valence-electron chi connectivity index (χ4n) is 1.68. The van der Waals surface area contributed by atoms with Crippen molar-refractivity contribution >= 4 is 34.4 Å². The number of rotatable bonds is 6. The normalized spacial score (nSPS) is 10.3. The molecule has 108 valence electrons. The van der Waals surface area contributed by atoms with Gasteiger partial charge in [-0.2, -0.15) is 5.10 Å². The van der Waals surface area contributed by atoms with Crippen LogP contribution in [0.2, 0.25) is 0 Å². The van der Waals surface area contributed by atoms with Crippen LogP contribution in [0, 0.1) is 0 Å². The molecule has 0 radical (unpaired) electrons. The van der Waals surface area contributed by atoms with E-state index in [-0.39, 0.29) is 109 Å². The molecule has 0 saturated carbocycles. The molecule has 1 heterocycles. The van der Waals surface area contributed by atoms with Crippen LogP contribution in [0.4, 0.5) is 5.82 Å². The van der Waals surface area contributed by atoms with E-state index in [1.54, 1.807) is 18.2 Å². The van der Waals surface area contributed by atoms with Crippen molar-refractivity contribution in [2.75, 3.05) is 5.43 Å². The molecule has 0 amide bonds. The van der Waals surface area contributed by atoms with Gasteiger partial charge in [-0.3, -0.25) is 5.43 Å². The molecule has 9 heteroatoms. The number of aliphatic carboxylic acids is 2. The van der Waals surface area contributed by atoms with E-state index in [0.717, 1.165) is 10.9 Å². The molecule has 23 heavy (non-hydrogen) atoms.